The van der Waals surface area contributed by atoms with Crippen molar-refractivity contribution in [1.82, 2.24) is 0 Å². The third-order valence-corrected chi connectivity index (χ3v) is 2.76. The van der Waals surface area contributed by atoms with Crippen LogP contribution in [0.5, 0.6) is 0 Å². The molecule has 1 rings (SSSR count). The summed E-state index contributed by atoms with van der Waals surface area (Å²) in [7, 11) is 1.08. The monoisotopic (exact) mass is 198 g/mol. The zero-order valence-corrected chi connectivity index (χ0v) is 8.06. The Hall–Kier alpha value is -0.250. The van der Waals surface area contributed by atoms with Gasteiger partial charge in [0, 0.05) is 7.11 Å². The van der Waals surface area contributed by atoms with Gasteiger partial charge in [0.2, 0.25) is 0 Å². The van der Waals surface area contributed by atoms with Gasteiger partial charge in [-0.1, -0.05) is 19.8 Å². The Balaban J connectivity index is 0.00000144. The molecule has 0 N–H and O–H groups in total. The van der Waals surface area contributed by atoms with Gasteiger partial charge in [-0.15, -0.1) is 0 Å². The van der Waals surface area contributed by atoms with E-state index in [4.69, 9.17) is 0 Å². The fourth-order valence-electron chi connectivity index (χ4n) is 1.76. The first-order valence-corrected chi connectivity index (χ1v) is 4.49. The van der Waals surface area contributed by atoms with Crippen LogP contribution in [0.2, 0.25) is 0 Å². The molecular weight excluding hydrogens is 181 g/mol. The third kappa shape index (κ3) is 3.18. The number of rotatable bonds is 2. The van der Waals surface area contributed by atoms with Crippen LogP contribution in [-0.2, 0) is 4.74 Å². The minimum absolute atomic E-state index is 0. The number of methoxy groups -OCH3 is 1. The number of alkyl halides is 2. The molecule has 0 aromatic rings. The van der Waals surface area contributed by atoms with Crippen molar-refractivity contribution in [3.63, 3.8) is 0 Å². The molecule has 0 unspecified atom stereocenters. The Morgan fingerprint density at radius 1 is 1.15 bits per heavy atom. The van der Waals surface area contributed by atoms with Gasteiger partial charge in [0.1, 0.15) is 0 Å². The summed E-state index contributed by atoms with van der Waals surface area (Å²) in [6.07, 6.45) is 0.109. The lowest BCUT2D eigenvalue weighted by Crippen LogP contribution is -2.33. The second-order valence-corrected chi connectivity index (χ2v) is 3.72. The van der Waals surface area contributed by atoms with Crippen molar-refractivity contribution < 1.29 is 18.2 Å². The van der Waals surface area contributed by atoms with Gasteiger partial charge in [0.25, 0.3) is 0 Å². The normalized spacial score (nSPS) is 29.5. The molecule has 0 bridgehead atoms. The molecule has 0 saturated heterocycles. The van der Waals surface area contributed by atoms with Gasteiger partial charge >= 0.3 is 6.11 Å². The highest BCUT2D eigenvalue weighted by atomic mass is 19.3. The van der Waals surface area contributed by atoms with Crippen molar-refractivity contribution in [1.29, 1.82) is 0 Å². The van der Waals surface area contributed by atoms with Gasteiger partial charge in [0.05, 0.1) is 5.92 Å². The van der Waals surface area contributed by atoms with Crippen LogP contribution in [0, 0.1) is 11.8 Å². The van der Waals surface area contributed by atoms with E-state index in [1.165, 1.54) is 0 Å². The van der Waals surface area contributed by atoms with E-state index in [0.29, 0.717) is 18.8 Å². The molecule has 0 spiro atoms. The van der Waals surface area contributed by atoms with E-state index >= 15 is 0 Å². The highest BCUT2D eigenvalue weighted by molar-refractivity contribution is 4.75. The van der Waals surface area contributed by atoms with Gasteiger partial charge in [-0.05, 0) is 18.8 Å². The van der Waals surface area contributed by atoms with Crippen molar-refractivity contribution in [3.8, 4) is 0 Å². The molecule has 80 valence electrons. The molecular formula is C9H17F3O. The number of hydrogen-bond donors (Lipinski definition) is 0. The fraction of sp³-hybridized carbons (Fsp3) is 1.00. The Kier molecular flexibility index (Phi) is 4.75. The van der Waals surface area contributed by atoms with E-state index in [1.807, 2.05) is 0 Å². The van der Waals surface area contributed by atoms with Crippen molar-refractivity contribution in [2.75, 3.05) is 7.11 Å². The summed E-state index contributed by atoms with van der Waals surface area (Å²) in [6.45, 7) is 2.11. The van der Waals surface area contributed by atoms with E-state index in [2.05, 4.69) is 11.7 Å². The predicted molar refractivity (Wildman–Crippen MR) is 45.6 cm³/mol. The summed E-state index contributed by atoms with van der Waals surface area (Å²) in [5.74, 6) is 0.0487. The summed E-state index contributed by atoms with van der Waals surface area (Å²) in [5, 5.41) is 0. The molecule has 13 heavy (non-hydrogen) atoms. The molecule has 0 amide bonds. The number of halogens is 3. The van der Waals surface area contributed by atoms with Crippen LogP contribution >= 0.6 is 0 Å². The zero-order chi connectivity index (χ0) is 9.19. The minimum Gasteiger partial charge on any atom is -0.324 e. The second kappa shape index (κ2) is 4.84. The average Bonchev–Trinajstić information content (AvgIpc) is 2.05. The first-order valence-electron chi connectivity index (χ1n) is 4.49. The van der Waals surface area contributed by atoms with Gasteiger partial charge in [-0.2, -0.15) is 8.78 Å². The average molecular weight is 198 g/mol. The molecule has 1 aliphatic rings. The van der Waals surface area contributed by atoms with Crippen molar-refractivity contribution in [2.45, 2.75) is 38.7 Å². The summed E-state index contributed by atoms with van der Waals surface area (Å²) >= 11 is 0. The summed E-state index contributed by atoms with van der Waals surface area (Å²) < 4.78 is 30.1. The van der Waals surface area contributed by atoms with Gasteiger partial charge in [0.15, 0.2) is 0 Å². The van der Waals surface area contributed by atoms with Gasteiger partial charge in [-0.25, -0.2) is 0 Å². The van der Waals surface area contributed by atoms with Crippen molar-refractivity contribution in [3.05, 3.63) is 0 Å². The molecule has 1 saturated carbocycles. The molecule has 0 atom stereocenters. The highest BCUT2D eigenvalue weighted by Gasteiger charge is 2.40. The maximum absolute atomic E-state index is 12.9. The van der Waals surface area contributed by atoms with Crippen LogP contribution in [0.3, 0.4) is 0 Å². The Morgan fingerprint density at radius 3 is 2.00 bits per heavy atom. The Morgan fingerprint density at radius 2 is 1.62 bits per heavy atom. The van der Waals surface area contributed by atoms with Crippen LogP contribution in [0.1, 0.15) is 32.6 Å². The quantitative estimate of drug-likeness (QED) is 0.662. The molecule has 4 heteroatoms. The molecule has 1 nitrogen and oxygen atoms in total. The minimum atomic E-state index is -2.90. The Bertz CT molecular complexity index is 142. The second-order valence-electron chi connectivity index (χ2n) is 3.72. The van der Waals surface area contributed by atoms with Crippen LogP contribution in [0.25, 0.3) is 0 Å². The van der Waals surface area contributed by atoms with Crippen LogP contribution in [-0.4, -0.2) is 13.2 Å². The maximum atomic E-state index is 12.9. The first-order chi connectivity index (χ1) is 5.56. The molecule has 0 aliphatic heterocycles. The lowest BCUT2D eigenvalue weighted by atomic mass is 9.82. The lowest BCUT2D eigenvalue weighted by Gasteiger charge is -2.30. The summed E-state index contributed by atoms with van der Waals surface area (Å²) in [6, 6.07) is 0. The Labute approximate surface area is 76.8 Å². The van der Waals surface area contributed by atoms with E-state index in [9.17, 15) is 8.78 Å². The predicted octanol–water partition coefficient (Wildman–Crippen LogP) is 3.20. The number of ether oxygens (including phenoxy) is 1. The van der Waals surface area contributed by atoms with E-state index in [-0.39, 0.29) is 4.70 Å². The van der Waals surface area contributed by atoms with Crippen LogP contribution in [0.4, 0.5) is 13.5 Å². The topological polar surface area (TPSA) is 9.23 Å². The van der Waals surface area contributed by atoms with Gasteiger partial charge < -0.3 is 4.74 Å². The van der Waals surface area contributed by atoms with Crippen LogP contribution in [0.15, 0.2) is 0 Å². The smallest absolute Gasteiger partial charge is 0.324 e. The SMILES string of the molecule is COC(F)(F)C1CCC(C)CC1.F. The molecule has 0 radical (unpaired) electrons. The first kappa shape index (κ1) is 12.8. The van der Waals surface area contributed by atoms with Crippen molar-refractivity contribution in [2.24, 2.45) is 11.8 Å². The number of hydrogen-bond acceptors (Lipinski definition) is 1. The molecule has 1 aliphatic carbocycles. The standard InChI is InChI=1S/C9H16F2O.FH/c1-7-3-5-8(6-4-7)9(10,11)12-2;/h7-8H,3-6H2,1-2H3;1H. The molecule has 1 fully saturated rings. The van der Waals surface area contributed by atoms with Gasteiger partial charge in [-0.3, -0.25) is 4.70 Å². The maximum Gasteiger partial charge on any atom is 0.358 e. The summed E-state index contributed by atoms with van der Waals surface area (Å²) in [5.41, 5.74) is 0. The van der Waals surface area contributed by atoms with Crippen LogP contribution < -0.4 is 0 Å². The molecule has 0 aromatic carbocycles. The highest BCUT2D eigenvalue weighted by Crippen LogP contribution is 2.38. The van der Waals surface area contributed by atoms with E-state index < -0.39 is 12.0 Å². The van der Waals surface area contributed by atoms with Crippen molar-refractivity contribution >= 4 is 0 Å². The summed E-state index contributed by atoms with van der Waals surface area (Å²) in [4.78, 5) is 0. The fourth-order valence-corrected chi connectivity index (χ4v) is 1.76. The van der Waals surface area contributed by atoms with E-state index in [1.54, 1.807) is 0 Å². The van der Waals surface area contributed by atoms with E-state index in [0.717, 1.165) is 20.0 Å². The molecule has 0 heterocycles. The lowest BCUT2D eigenvalue weighted by molar-refractivity contribution is -0.262. The largest absolute Gasteiger partial charge is 0.358 e. The zero-order valence-electron chi connectivity index (χ0n) is 8.06. The molecule has 0 aromatic heterocycles. The third-order valence-electron chi connectivity index (χ3n) is 2.76.